The van der Waals surface area contributed by atoms with E-state index in [4.69, 9.17) is 0 Å². The predicted octanol–water partition coefficient (Wildman–Crippen LogP) is 2.99. The van der Waals surface area contributed by atoms with E-state index in [1.54, 1.807) is 6.20 Å². The van der Waals surface area contributed by atoms with Crippen LogP contribution < -0.4 is 5.32 Å². The quantitative estimate of drug-likeness (QED) is 0.914. The van der Waals surface area contributed by atoms with Crippen molar-refractivity contribution in [3.8, 4) is 0 Å². The van der Waals surface area contributed by atoms with Crippen LogP contribution in [0.25, 0.3) is 0 Å². The first-order valence-corrected chi connectivity index (χ1v) is 7.00. The Bertz CT molecular complexity index is 526. The SMILES string of the molecule is Cc1cn(Cc2cccnc2)c(NC2CCCC2)n1. The van der Waals surface area contributed by atoms with Crippen LogP contribution in [0.4, 0.5) is 5.95 Å². The number of hydrogen-bond donors (Lipinski definition) is 1. The first kappa shape index (κ1) is 12.2. The van der Waals surface area contributed by atoms with Gasteiger partial charge in [0.25, 0.3) is 0 Å². The maximum absolute atomic E-state index is 4.60. The van der Waals surface area contributed by atoms with E-state index in [0.717, 1.165) is 18.2 Å². The van der Waals surface area contributed by atoms with Crippen molar-refractivity contribution in [1.82, 2.24) is 14.5 Å². The number of rotatable bonds is 4. The van der Waals surface area contributed by atoms with Gasteiger partial charge in [-0.25, -0.2) is 4.98 Å². The molecule has 1 N–H and O–H groups in total. The fraction of sp³-hybridized carbons (Fsp3) is 0.467. The molecule has 2 heterocycles. The summed E-state index contributed by atoms with van der Waals surface area (Å²) < 4.78 is 2.19. The molecule has 0 atom stereocenters. The fourth-order valence-electron chi connectivity index (χ4n) is 2.72. The average molecular weight is 256 g/mol. The van der Waals surface area contributed by atoms with Crippen molar-refractivity contribution in [3.63, 3.8) is 0 Å². The Morgan fingerprint density at radius 2 is 2.21 bits per heavy atom. The van der Waals surface area contributed by atoms with Crippen LogP contribution in [-0.2, 0) is 6.54 Å². The molecule has 0 spiro atoms. The second kappa shape index (κ2) is 5.43. The van der Waals surface area contributed by atoms with Gasteiger partial charge < -0.3 is 9.88 Å². The van der Waals surface area contributed by atoms with Crippen molar-refractivity contribution < 1.29 is 0 Å². The number of nitrogens with zero attached hydrogens (tertiary/aromatic N) is 3. The molecule has 0 aliphatic heterocycles. The molecule has 0 amide bonds. The Morgan fingerprint density at radius 3 is 2.95 bits per heavy atom. The van der Waals surface area contributed by atoms with E-state index in [1.807, 2.05) is 19.2 Å². The molecule has 0 radical (unpaired) electrons. The second-order valence-electron chi connectivity index (χ2n) is 5.32. The fourth-order valence-corrected chi connectivity index (χ4v) is 2.72. The van der Waals surface area contributed by atoms with Crippen LogP contribution in [0.2, 0.25) is 0 Å². The van der Waals surface area contributed by atoms with Crippen LogP contribution in [0.5, 0.6) is 0 Å². The third-order valence-electron chi connectivity index (χ3n) is 3.66. The van der Waals surface area contributed by atoms with Crippen molar-refractivity contribution in [1.29, 1.82) is 0 Å². The number of nitrogens with one attached hydrogen (secondary N) is 1. The van der Waals surface area contributed by atoms with Gasteiger partial charge in [0.1, 0.15) is 0 Å². The number of pyridine rings is 1. The third-order valence-corrected chi connectivity index (χ3v) is 3.66. The highest BCUT2D eigenvalue weighted by molar-refractivity contribution is 5.32. The molecular formula is C15H20N4. The maximum atomic E-state index is 4.60. The second-order valence-corrected chi connectivity index (χ2v) is 5.32. The lowest BCUT2D eigenvalue weighted by atomic mass is 10.2. The Balaban J connectivity index is 1.76. The molecule has 1 aliphatic carbocycles. The molecule has 0 unspecified atom stereocenters. The summed E-state index contributed by atoms with van der Waals surface area (Å²) in [7, 11) is 0. The molecule has 1 fully saturated rings. The van der Waals surface area contributed by atoms with Crippen LogP contribution in [0.15, 0.2) is 30.7 Å². The molecule has 1 saturated carbocycles. The standard InChI is InChI=1S/C15H20N4/c1-12-10-19(11-13-5-4-8-16-9-13)15(17-12)18-14-6-2-3-7-14/h4-5,8-10,14H,2-3,6-7,11H2,1H3,(H,17,18). The van der Waals surface area contributed by atoms with Gasteiger partial charge in [-0.1, -0.05) is 18.9 Å². The van der Waals surface area contributed by atoms with Crippen LogP contribution in [-0.4, -0.2) is 20.6 Å². The van der Waals surface area contributed by atoms with E-state index in [-0.39, 0.29) is 0 Å². The predicted molar refractivity (Wildman–Crippen MR) is 76.2 cm³/mol. The summed E-state index contributed by atoms with van der Waals surface area (Å²) in [6.45, 7) is 2.86. The summed E-state index contributed by atoms with van der Waals surface area (Å²) >= 11 is 0. The van der Waals surface area contributed by atoms with Gasteiger partial charge in [-0.15, -0.1) is 0 Å². The van der Waals surface area contributed by atoms with Crippen LogP contribution in [0.3, 0.4) is 0 Å². The minimum absolute atomic E-state index is 0.592. The van der Waals surface area contributed by atoms with E-state index < -0.39 is 0 Å². The van der Waals surface area contributed by atoms with Gasteiger partial charge in [-0.2, -0.15) is 0 Å². The van der Waals surface area contributed by atoms with Crippen molar-refractivity contribution >= 4 is 5.95 Å². The third kappa shape index (κ3) is 2.95. The summed E-state index contributed by atoms with van der Waals surface area (Å²) in [6, 6.07) is 4.67. The number of hydrogen-bond acceptors (Lipinski definition) is 3. The highest BCUT2D eigenvalue weighted by Gasteiger charge is 2.17. The zero-order chi connectivity index (χ0) is 13.1. The zero-order valence-electron chi connectivity index (χ0n) is 11.3. The molecule has 100 valence electrons. The van der Waals surface area contributed by atoms with Crippen LogP contribution in [0, 0.1) is 6.92 Å². The van der Waals surface area contributed by atoms with Crippen molar-refractivity contribution in [2.24, 2.45) is 0 Å². The van der Waals surface area contributed by atoms with Gasteiger partial charge in [-0.05, 0) is 31.4 Å². The lowest BCUT2D eigenvalue weighted by molar-refractivity contribution is 0.715. The molecule has 2 aromatic heterocycles. The van der Waals surface area contributed by atoms with Gasteiger partial charge in [0.05, 0.1) is 12.2 Å². The maximum Gasteiger partial charge on any atom is 0.203 e. The summed E-state index contributed by atoms with van der Waals surface area (Å²) in [5.74, 6) is 0.994. The monoisotopic (exact) mass is 256 g/mol. The van der Waals surface area contributed by atoms with Crippen LogP contribution >= 0.6 is 0 Å². The van der Waals surface area contributed by atoms with E-state index in [1.165, 1.54) is 31.2 Å². The molecule has 0 aromatic carbocycles. The highest BCUT2D eigenvalue weighted by atomic mass is 15.2. The summed E-state index contributed by atoms with van der Waals surface area (Å²) in [5.41, 5.74) is 2.26. The van der Waals surface area contributed by atoms with E-state index in [0.29, 0.717) is 6.04 Å². The lowest BCUT2D eigenvalue weighted by Crippen LogP contribution is -2.18. The molecule has 0 bridgehead atoms. The minimum Gasteiger partial charge on any atom is -0.353 e. The molecule has 1 aliphatic rings. The van der Waals surface area contributed by atoms with Gasteiger partial charge in [0.2, 0.25) is 5.95 Å². The van der Waals surface area contributed by atoms with Crippen LogP contribution in [0.1, 0.15) is 36.9 Å². The summed E-state index contributed by atoms with van der Waals surface area (Å²) in [4.78, 5) is 8.77. The Morgan fingerprint density at radius 1 is 1.37 bits per heavy atom. The normalized spacial score (nSPS) is 15.8. The van der Waals surface area contributed by atoms with Gasteiger partial charge in [0, 0.05) is 24.6 Å². The van der Waals surface area contributed by atoms with Crippen molar-refractivity contribution in [2.75, 3.05) is 5.32 Å². The van der Waals surface area contributed by atoms with Gasteiger partial charge in [0.15, 0.2) is 0 Å². The average Bonchev–Trinajstić information content (AvgIpc) is 3.02. The van der Waals surface area contributed by atoms with E-state index in [9.17, 15) is 0 Å². The van der Waals surface area contributed by atoms with Gasteiger partial charge in [-0.3, -0.25) is 4.98 Å². The summed E-state index contributed by atoms with van der Waals surface area (Å²) in [5, 5.41) is 3.58. The molecule has 19 heavy (non-hydrogen) atoms. The lowest BCUT2D eigenvalue weighted by Gasteiger charge is -2.14. The first-order chi connectivity index (χ1) is 9.31. The topological polar surface area (TPSA) is 42.7 Å². The molecule has 4 nitrogen and oxygen atoms in total. The number of aryl methyl sites for hydroxylation is 1. The first-order valence-electron chi connectivity index (χ1n) is 7.00. The Kier molecular flexibility index (Phi) is 3.49. The molecule has 4 heteroatoms. The molecule has 0 saturated heterocycles. The van der Waals surface area contributed by atoms with E-state index in [2.05, 4.69) is 32.1 Å². The molecule has 2 aromatic rings. The zero-order valence-corrected chi connectivity index (χ0v) is 11.3. The van der Waals surface area contributed by atoms with E-state index >= 15 is 0 Å². The largest absolute Gasteiger partial charge is 0.353 e. The Labute approximate surface area is 113 Å². The Hall–Kier alpha value is -1.84. The minimum atomic E-state index is 0.592. The number of anilines is 1. The number of imidazole rings is 1. The van der Waals surface area contributed by atoms with Crippen molar-refractivity contribution in [3.05, 3.63) is 42.0 Å². The smallest absolute Gasteiger partial charge is 0.203 e. The number of aromatic nitrogens is 3. The molecular weight excluding hydrogens is 236 g/mol. The summed E-state index contributed by atoms with van der Waals surface area (Å²) in [6.07, 6.45) is 11.0. The van der Waals surface area contributed by atoms with Gasteiger partial charge >= 0.3 is 0 Å². The molecule has 3 rings (SSSR count). The highest BCUT2D eigenvalue weighted by Crippen LogP contribution is 2.22. The van der Waals surface area contributed by atoms with Crippen molar-refractivity contribution in [2.45, 2.75) is 45.2 Å².